The Labute approximate surface area is 121 Å². The quantitative estimate of drug-likeness (QED) is 0.917. The molecule has 0 saturated heterocycles. The SMILES string of the molecule is CN(C)CCC1CCCC2(C1)C(=O)Nc1ccccc12. The fourth-order valence-electron chi connectivity index (χ4n) is 3.90. The summed E-state index contributed by atoms with van der Waals surface area (Å²) < 4.78 is 0. The number of anilines is 1. The number of carbonyl (C=O) groups excluding carboxylic acids is 1. The Morgan fingerprint density at radius 3 is 2.95 bits per heavy atom. The molecule has 3 rings (SSSR count). The maximum atomic E-state index is 12.6. The molecule has 1 spiro atoms. The van der Waals surface area contributed by atoms with Gasteiger partial charge in [-0.05, 0) is 57.5 Å². The maximum absolute atomic E-state index is 12.6. The minimum absolute atomic E-state index is 0.230. The van der Waals surface area contributed by atoms with Crippen molar-refractivity contribution in [2.24, 2.45) is 5.92 Å². The molecule has 1 aromatic carbocycles. The number of para-hydroxylation sites is 1. The van der Waals surface area contributed by atoms with Gasteiger partial charge in [0.15, 0.2) is 0 Å². The van der Waals surface area contributed by atoms with E-state index < -0.39 is 0 Å². The van der Waals surface area contributed by atoms with Crippen LogP contribution in [0.2, 0.25) is 0 Å². The van der Waals surface area contributed by atoms with E-state index in [1.54, 1.807) is 0 Å². The van der Waals surface area contributed by atoms with E-state index >= 15 is 0 Å². The molecule has 0 radical (unpaired) electrons. The molecule has 0 aromatic heterocycles. The zero-order chi connectivity index (χ0) is 14.2. The number of nitrogens with zero attached hydrogens (tertiary/aromatic N) is 1. The van der Waals surface area contributed by atoms with Crippen LogP contribution in [0.25, 0.3) is 0 Å². The molecule has 2 atom stereocenters. The van der Waals surface area contributed by atoms with Gasteiger partial charge >= 0.3 is 0 Å². The van der Waals surface area contributed by atoms with Crippen LogP contribution in [-0.4, -0.2) is 31.4 Å². The number of nitrogens with one attached hydrogen (secondary N) is 1. The summed E-state index contributed by atoms with van der Waals surface area (Å²) in [5.74, 6) is 0.899. The summed E-state index contributed by atoms with van der Waals surface area (Å²) in [6.07, 6.45) is 5.66. The third kappa shape index (κ3) is 2.24. The number of hydrogen-bond donors (Lipinski definition) is 1. The van der Waals surface area contributed by atoms with E-state index in [9.17, 15) is 4.79 Å². The van der Waals surface area contributed by atoms with Crippen molar-refractivity contribution in [1.82, 2.24) is 4.90 Å². The van der Waals surface area contributed by atoms with Crippen molar-refractivity contribution in [1.29, 1.82) is 0 Å². The van der Waals surface area contributed by atoms with Crippen molar-refractivity contribution in [3.8, 4) is 0 Å². The van der Waals surface area contributed by atoms with Crippen LogP contribution in [0.15, 0.2) is 24.3 Å². The van der Waals surface area contributed by atoms with E-state index in [1.807, 2.05) is 12.1 Å². The second-order valence-corrected chi connectivity index (χ2v) is 6.64. The molecule has 20 heavy (non-hydrogen) atoms. The van der Waals surface area contributed by atoms with Crippen LogP contribution >= 0.6 is 0 Å². The number of benzene rings is 1. The van der Waals surface area contributed by atoms with Gasteiger partial charge < -0.3 is 10.2 Å². The van der Waals surface area contributed by atoms with E-state index in [0.29, 0.717) is 5.92 Å². The van der Waals surface area contributed by atoms with E-state index in [-0.39, 0.29) is 11.3 Å². The highest BCUT2D eigenvalue weighted by Gasteiger charge is 2.48. The average molecular weight is 272 g/mol. The van der Waals surface area contributed by atoms with Crippen LogP contribution in [0.3, 0.4) is 0 Å². The molecule has 1 saturated carbocycles. The molecule has 1 fully saturated rings. The largest absolute Gasteiger partial charge is 0.325 e. The molecular formula is C17H24N2O. The first-order valence-corrected chi connectivity index (χ1v) is 7.67. The summed E-state index contributed by atoms with van der Waals surface area (Å²) in [6.45, 7) is 1.12. The van der Waals surface area contributed by atoms with Crippen LogP contribution in [0.1, 0.15) is 37.7 Å². The van der Waals surface area contributed by atoms with Gasteiger partial charge in [-0.25, -0.2) is 0 Å². The van der Waals surface area contributed by atoms with Crippen LogP contribution < -0.4 is 5.32 Å². The van der Waals surface area contributed by atoms with Gasteiger partial charge in [-0.3, -0.25) is 4.79 Å². The van der Waals surface area contributed by atoms with Gasteiger partial charge in [-0.15, -0.1) is 0 Å². The van der Waals surface area contributed by atoms with Gasteiger partial charge in [0.2, 0.25) is 5.91 Å². The normalized spacial score (nSPS) is 28.8. The molecule has 0 bridgehead atoms. The highest BCUT2D eigenvalue weighted by Crippen LogP contribution is 2.49. The first-order chi connectivity index (χ1) is 9.62. The summed E-state index contributed by atoms with van der Waals surface area (Å²) in [5.41, 5.74) is 2.02. The monoisotopic (exact) mass is 272 g/mol. The minimum Gasteiger partial charge on any atom is -0.325 e. The molecule has 3 heteroatoms. The fraction of sp³-hybridized carbons (Fsp3) is 0.588. The van der Waals surface area contributed by atoms with Crippen LogP contribution in [0, 0.1) is 5.92 Å². The van der Waals surface area contributed by atoms with E-state index in [2.05, 4.69) is 36.4 Å². The number of carbonyl (C=O) groups is 1. The molecule has 1 N–H and O–H groups in total. The Morgan fingerprint density at radius 2 is 2.15 bits per heavy atom. The lowest BCUT2D eigenvalue weighted by Crippen LogP contribution is -2.39. The number of amides is 1. The highest BCUT2D eigenvalue weighted by atomic mass is 16.2. The Balaban J connectivity index is 1.83. The zero-order valence-corrected chi connectivity index (χ0v) is 12.5. The van der Waals surface area contributed by atoms with Crippen LogP contribution in [0.4, 0.5) is 5.69 Å². The second-order valence-electron chi connectivity index (χ2n) is 6.64. The predicted octanol–water partition coefficient (Wildman–Crippen LogP) is 3.02. The first-order valence-electron chi connectivity index (χ1n) is 7.67. The summed E-state index contributed by atoms with van der Waals surface area (Å²) in [4.78, 5) is 14.8. The van der Waals surface area contributed by atoms with Gasteiger partial charge in [-0.1, -0.05) is 31.0 Å². The van der Waals surface area contributed by atoms with Crippen molar-refractivity contribution in [2.75, 3.05) is 26.0 Å². The maximum Gasteiger partial charge on any atom is 0.235 e. The van der Waals surface area contributed by atoms with Crippen molar-refractivity contribution in [3.63, 3.8) is 0 Å². The molecule has 108 valence electrons. The lowest BCUT2D eigenvalue weighted by Gasteiger charge is -2.37. The number of hydrogen-bond acceptors (Lipinski definition) is 2. The standard InChI is InChI=1S/C17H24N2O/c1-19(2)11-9-13-6-5-10-17(12-13)14-7-3-4-8-15(14)18-16(17)20/h3-4,7-8,13H,5-6,9-12H2,1-2H3,(H,18,20). The molecule has 1 aromatic rings. The number of fused-ring (bicyclic) bond motifs is 2. The molecule has 1 aliphatic heterocycles. The predicted molar refractivity (Wildman–Crippen MR) is 81.9 cm³/mol. The lowest BCUT2D eigenvalue weighted by molar-refractivity contribution is -0.122. The third-order valence-electron chi connectivity index (χ3n) is 4.96. The van der Waals surface area contributed by atoms with Crippen LogP contribution in [0.5, 0.6) is 0 Å². The molecular weight excluding hydrogens is 248 g/mol. The van der Waals surface area contributed by atoms with Gasteiger partial charge in [0.1, 0.15) is 0 Å². The first kappa shape index (κ1) is 13.6. The summed E-state index contributed by atoms with van der Waals surface area (Å²) in [6, 6.07) is 8.24. The Bertz CT molecular complexity index is 511. The molecule has 1 aliphatic carbocycles. The molecule has 2 aliphatic rings. The van der Waals surface area contributed by atoms with Crippen molar-refractivity contribution >= 4 is 11.6 Å². The van der Waals surface area contributed by atoms with Gasteiger partial charge in [0.25, 0.3) is 0 Å². The fourth-order valence-corrected chi connectivity index (χ4v) is 3.90. The average Bonchev–Trinajstić information content (AvgIpc) is 2.70. The topological polar surface area (TPSA) is 32.3 Å². The number of rotatable bonds is 3. The van der Waals surface area contributed by atoms with Crippen molar-refractivity contribution in [3.05, 3.63) is 29.8 Å². The molecule has 3 nitrogen and oxygen atoms in total. The minimum atomic E-state index is -0.244. The summed E-state index contributed by atoms with van der Waals surface area (Å²) in [7, 11) is 4.24. The van der Waals surface area contributed by atoms with Crippen molar-refractivity contribution in [2.45, 2.75) is 37.5 Å². The van der Waals surface area contributed by atoms with Gasteiger partial charge in [0.05, 0.1) is 5.41 Å². The Hall–Kier alpha value is -1.35. The summed E-state index contributed by atoms with van der Waals surface area (Å²) in [5, 5.41) is 3.09. The lowest BCUT2D eigenvalue weighted by atomic mass is 9.66. The molecule has 2 unspecified atom stereocenters. The molecule has 1 heterocycles. The van der Waals surface area contributed by atoms with Crippen LogP contribution in [-0.2, 0) is 10.2 Å². The zero-order valence-electron chi connectivity index (χ0n) is 12.5. The van der Waals surface area contributed by atoms with Gasteiger partial charge in [-0.2, -0.15) is 0 Å². The van der Waals surface area contributed by atoms with Crippen molar-refractivity contribution < 1.29 is 4.79 Å². The van der Waals surface area contributed by atoms with Gasteiger partial charge in [0, 0.05) is 5.69 Å². The second kappa shape index (κ2) is 5.21. The van der Waals surface area contributed by atoms with E-state index in [0.717, 1.165) is 25.1 Å². The molecule has 1 amide bonds. The Morgan fingerprint density at radius 1 is 1.35 bits per heavy atom. The van der Waals surface area contributed by atoms with E-state index in [4.69, 9.17) is 0 Å². The Kier molecular flexibility index (Phi) is 3.55. The summed E-state index contributed by atoms with van der Waals surface area (Å²) >= 11 is 0. The van der Waals surface area contributed by atoms with E-state index in [1.165, 1.54) is 24.8 Å². The highest BCUT2D eigenvalue weighted by molar-refractivity contribution is 6.06. The smallest absolute Gasteiger partial charge is 0.235 e. The third-order valence-corrected chi connectivity index (χ3v) is 4.96.